The van der Waals surface area contributed by atoms with Gasteiger partial charge in [-0.3, -0.25) is 0 Å². The summed E-state index contributed by atoms with van der Waals surface area (Å²) in [5, 5.41) is 1.79. The molecule has 0 bridgehead atoms. The highest BCUT2D eigenvalue weighted by Crippen LogP contribution is 2.21. The second kappa shape index (κ2) is 4.28. The third-order valence-corrected chi connectivity index (χ3v) is 2.45. The Labute approximate surface area is 80.3 Å². The van der Waals surface area contributed by atoms with Gasteiger partial charge in [-0.25, -0.2) is 5.84 Å². The lowest BCUT2D eigenvalue weighted by Crippen LogP contribution is -2.31. The van der Waals surface area contributed by atoms with Gasteiger partial charge in [0.15, 0.2) is 0 Å². The number of rotatable bonds is 3. The first kappa shape index (κ1) is 10.1. The van der Waals surface area contributed by atoms with Crippen LogP contribution in [-0.4, -0.2) is 6.54 Å². The first-order valence-electron chi connectivity index (χ1n) is 4.81. The zero-order chi connectivity index (χ0) is 9.84. The third kappa shape index (κ3) is 2.01. The summed E-state index contributed by atoms with van der Waals surface area (Å²) < 4.78 is 0. The van der Waals surface area contributed by atoms with Gasteiger partial charge in [0.25, 0.3) is 0 Å². The van der Waals surface area contributed by atoms with E-state index in [0.29, 0.717) is 0 Å². The molecule has 2 N–H and O–H groups in total. The monoisotopic (exact) mass is 178 g/mol. The van der Waals surface area contributed by atoms with E-state index in [1.807, 2.05) is 0 Å². The molecule has 72 valence electrons. The second-order valence-electron chi connectivity index (χ2n) is 3.20. The van der Waals surface area contributed by atoms with E-state index in [0.717, 1.165) is 18.7 Å². The van der Waals surface area contributed by atoms with Crippen molar-refractivity contribution in [1.82, 2.24) is 0 Å². The smallest absolute Gasteiger partial charge is 0.0548 e. The van der Waals surface area contributed by atoms with Crippen molar-refractivity contribution in [2.75, 3.05) is 11.6 Å². The lowest BCUT2D eigenvalue weighted by atomic mass is 10.0. The van der Waals surface area contributed by atoms with Crippen LogP contribution >= 0.6 is 0 Å². The molecule has 0 amide bonds. The van der Waals surface area contributed by atoms with Crippen molar-refractivity contribution < 1.29 is 0 Å². The fraction of sp³-hybridized carbons (Fsp3) is 0.455. The molecule has 2 heteroatoms. The molecule has 0 aromatic heterocycles. The molecular formula is C11H18N2. The normalized spacial score (nSPS) is 10.2. The number of hydrogen-bond donors (Lipinski definition) is 1. The topological polar surface area (TPSA) is 29.3 Å². The molecule has 0 saturated carbocycles. The van der Waals surface area contributed by atoms with Gasteiger partial charge in [0.2, 0.25) is 0 Å². The summed E-state index contributed by atoms with van der Waals surface area (Å²) in [6.45, 7) is 7.19. The highest BCUT2D eigenvalue weighted by atomic mass is 15.4. The van der Waals surface area contributed by atoms with Gasteiger partial charge in [-0.1, -0.05) is 19.1 Å². The molecule has 0 radical (unpaired) electrons. The zero-order valence-electron chi connectivity index (χ0n) is 8.67. The first-order chi connectivity index (χ1) is 6.20. The van der Waals surface area contributed by atoms with Crippen LogP contribution in [0.15, 0.2) is 18.2 Å². The largest absolute Gasteiger partial charge is 0.311 e. The second-order valence-corrected chi connectivity index (χ2v) is 3.20. The van der Waals surface area contributed by atoms with Crippen molar-refractivity contribution in [2.24, 2.45) is 5.84 Å². The fourth-order valence-electron chi connectivity index (χ4n) is 1.53. The SMILES string of the molecule is CCc1cccc(N(N)CC)c1C. The van der Waals surface area contributed by atoms with Crippen LogP contribution in [0.3, 0.4) is 0 Å². The fourth-order valence-corrected chi connectivity index (χ4v) is 1.53. The average molecular weight is 178 g/mol. The number of nitrogens with zero attached hydrogens (tertiary/aromatic N) is 1. The predicted molar refractivity (Wildman–Crippen MR) is 57.8 cm³/mol. The van der Waals surface area contributed by atoms with E-state index in [-0.39, 0.29) is 0 Å². The molecule has 1 aromatic carbocycles. The van der Waals surface area contributed by atoms with Crippen LogP contribution in [0.5, 0.6) is 0 Å². The standard InChI is InChI=1S/C11H18N2/c1-4-10-7-6-8-11(9(10)3)13(12)5-2/h6-8H,4-5,12H2,1-3H3. The lowest BCUT2D eigenvalue weighted by Gasteiger charge is -2.20. The Kier molecular flexibility index (Phi) is 3.32. The highest BCUT2D eigenvalue weighted by Gasteiger charge is 2.05. The van der Waals surface area contributed by atoms with Gasteiger partial charge in [0.1, 0.15) is 0 Å². The van der Waals surface area contributed by atoms with Crippen LogP contribution in [0, 0.1) is 6.92 Å². The van der Waals surface area contributed by atoms with Crippen molar-refractivity contribution in [3.8, 4) is 0 Å². The summed E-state index contributed by atoms with van der Waals surface area (Å²) in [5.74, 6) is 5.85. The van der Waals surface area contributed by atoms with Crippen molar-refractivity contribution in [1.29, 1.82) is 0 Å². The van der Waals surface area contributed by atoms with Gasteiger partial charge in [-0.15, -0.1) is 0 Å². The van der Waals surface area contributed by atoms with Gasteiger partial charge in [-0.2, -0.15) is 0 Å². The minimum absolute atomic E-state index is 0.841. The third-order valence-electron chi connectivity index (χ3n) is 2.45. The van der Waals surface area contributed by atoms with Crippen molar-refractivity contribution in [3.05, 3.63) is 29.3 Å². The molecule has 1 rings (SSSR count). The van der Waals surface area contributed by atoms with E-state index in [1.54, 1.807) is 5.01 Å². The molecule has 0 heterocycles. The number of anilines is 1. The summed E-state index contributed by atoms with van der Waals surface area (Å²) in [6, 6.07) is 6.29. The van der Waals surface area contributed by atoms with Crippen molar-refractivity contribution in [2.45, 2.75) is 27.2 Å². The van der Waals surface area contributed by atoms with E-state index in [4.69, 9.17) is 5.84 Å². The van der Waals surface area contributed by atoms with Crippen LogP contribution in [0.2, 0.25) is 0 Å². The van der Waals surface area contributed by atoms with Crippen LogP contribution in [0.25, 0.3) is 0 Å². The van der Waals surface area contributed by atoms with Gasteiger partial charge in [0, 0.05) is 6.54 Å². The van der Waals surface area contributed by atoms with E-state index in [2.05, 4.69) is 39.0 Å². The van der Waals surface area contributed by atoms with Crippen LogP contribution in [-0.2, 0) is 6.42 Å². The predicted octanol–water partition coefficient (Wildman–Crippen LogP) is 2.26. The number of nitrogens with two attached hydrogens (primary N) is 1. The molecule has 0 fully saturated rings. The molecule has 0 spiro atoms. The summed E-state index contributed by atoms with van der Waals surface area (Å²) in [4.78, 5) is 0. The molecule has 0 saturated heterocycles. The molecule has 0 aliphatic carbocycles. The maximum Gasteiger partial charge on any atom is 0.0548 e. The number of hydrazine groups is 1. The quantitative estimate of drug-likeness (QED) is 0.568. The Hall–Kier alpha value is -1.02. The Morgan fingerprint density at radius 3 is 2.54 bits per heavy atom. The summed E-state index contributed by atoms with van der Waals surface area (Å²) in [6.07, 6.45) is 1.07. The summed E-state index contributed by atoms with van der Waals surface area (Å²) in [5.41, 5.74) is 3.82. The van der Waals surface area contributed by atoms with Gasteiger partial charge < -0.3 is 5.01 Å². The molecular weight excluding hydrogens is 160 g/mol. The van der Waals surface area contributed by atoms with Crippen LogP contribution in [0.4, 0.5) is 5.69 Å². The Balaban J connectivity index is 3.08. The number of aryl methyl sites for hydroxylation is 1. The molecule has 1 aromatic rings. The van der Waals surface area contributed by atoms with Crippen molar-refractivity contribution in [3.63, 3.8) is 0 Å². The highest BCUT2D eigenvalue weighted by molar-refractivity contribution is 5.55. The Morgan fingerprint density at radius 2 is 2.00 bits per heavy atom. The Morgan fingerprint density at radius 1 is 1.31 bits per heavy atom. The van der Waals surface area contributed by atoms with Gasteiger partial charge >= 0.3 is 0 Å². The molecule has 0 aliphatic heterocycles. The van der Waals surface area contributed by atoms with E-state index in [9.17, 15) is 0 Å². The minimum atomic E-state index is 0.841. The number of benzene rings is 1. The number of hydrogen-bond acceptors (Lipinski definition) is 2. The maximum absolute atomic E-state index is 5.85. The lowest BCUT2D eigenvalue weighted by molar-refractivity contribution is 0.882. The molecule has 0 unspecified atom stereocenters. The molecule has 0 aliphatic rings. The van der Waals surface area contributed by atoms with Crippen LogP contribution < -0.4 is 10.9 Å². The van der Waals surface area contributed by atoms with E-state index in [1.165, 1.54) is 11.1 Å². The summed E-state index contributed by atoms with van der Waals surface area (Å²) >= 11 is 0. The molecule has 0 atom stereocenters. The average Bonchev–Trinajstić information content (AvgIpc) is 2.17. The molecule has 13 heavy (non-hydrogen) atoms. The Bertz CT molecular complexity index is 281. The zero-order valence-corrected chi connectivity index (χ0v) is 8.67. The minimum Gasteiger partial charge on any atom is -0.311 e. The van der Waals surface area contributed by atoms with Crippen LogP contribution in [0.1, 0.15) is 25.0 Å². The maximum atomic E-state index is 5.85. The first-order valence-corrected chi connectivity index (χ1v) is 4.81. The van der Waals surface area contributed by atoms with Gasteiger partial charge in [0.05, 0.1) is 5.69 Å². The summed E-state index contributed by atoms with van der Waals surface area (Å²) in [7, 11) is 0. The van der Waals surface area contributed by atoms with E-state index < -0.39 is 0 Å². The molecule has 2 nitrogen and oxygen atoms in total. The van der Waals surface area contributed by atoms with Crippen molar-refractivity contribution >= 4 is 5.69 Å². The van der Waals surface area contributed by atoms with E-state index >= 15 is 0 Å². The van der Waals surface area contributed by atoms with Gasteiger partial charge in [-0.05, 0) is 37.5 Å².